The molecule has 114 valence electrons. The van der Waals surface area contributed by atoms with Crippen LogP contribution >= 0.6 is 11.8 Å². The van der Waals surface area contributed by atoms with Crippen LogP contribution < -0.4 is 0 Å². The molecular weight excluding hydrogens is 288 g/mol. The van der Waals surface area contributed by atoms with Crippen LogP contribution in [0, 0.1) is 6.92 Å². The van der Waals surface area contributed by atoms with Crippen LogP contribution in [0.5, 0.6) is 0 Å². The van der Waals surface area contributed by atoms with Gasteiger partial charge in [0.2, 0.25) is 5.89 Å². The molecule has 0 bridgehead atoms. The highest BCUT2D eigenvalue weighted by Gasteiger charge is 2.13. The highest BCUT2D eigenvalue weighted by atomic mass is 32.2. The second-order valence-corrected chi connectivity index (χ2v) is 6.01. The van der Waals surface area contributed by atoms with Crippen LogP contribution in [0.1, 0.15) is 19.4 Å². The minimum absolute atomic E-state index is 0.112. The molecule has 1 unspecified atom stereocenters. The maximum Gasteiger partial charge on any atom is 0.276 e. The second-order valence-electron chi connectivity index (χ2n) is 5.03. The van der Waals surface area contributed by atoms with Crippen molar-refractivity contribution in [2.75, 3.05) is 12.4 Å². The first kappa shape index (κ1) is 16.0. The molecule has 6 heteroatoms. The molecule has 0 aliphatic rings. The van der Waals surface area contributed by atoms with Gasteiger partial charge in [0, 0.05) is 11.3 Å². The minimum atomic E-state index is -0.550. The molecule has 0 spiro atoms. The van der Waals surface area contributed by atoms with E-state index in [1.807, 2.05) is 45.0 Å². The zero-order valence-electron chi connectivity index (χ0n) is 12.4. The third kappa shape index (κ3) is 4.84. The summed E-state index contributed by atoms with van der Waals surface area (Å²) in [5.74, 6) is 0.964. The molecule has 1 heterocycles. The average Bonchev–Trinajstić information content (AvgIpc) is 2.92. The normalized spacial score (nSPS) is 12.8. The van der Waals surface area contributed by atoms with Crippen molar-refractivity contribution in [3.05, 3.63) is 29.8 Å². The van der Waals surface area contributed by atoms with Gasteiger partial charge in [0.25, 0.3) is 5.22 Å². The number of rotatable bonds is 7. The van der Waals surface area contributed by atoms with Crippen molar-refractivity contribution in [1.82, 2.24) is 10.2 Å². The van der Waals surface area contributed by atoms with Crippen molar-refractivity contribution in [3.8, 4) is 11.5 Å². The van der Waals surface area contributed by atoms with E-state index in [2.05, 4.69) is 10.2 Å². The summed E-state index contributed by atoms with van der Waals surface area (Å²) in [6.07, 6.45) is -0.438. The molecule has 0 saturated carbocycles. The van der Waals surface area contributed by atoms with Gasteiger partial charge in [-0.05, 0) is 32.4 Å². The minimum Gasteiger partial charge on any atom is -0.411 e. The Bertz CT molecular complexity index is 572. The Morgan fingerprint density at radius 2 is 2.05 bits per heavy atom. The summed E-state index contributed by atoms with van der Waals surface area (Å²) >= 11 is 1.33. The molecule has 0 fully saturated rings. The number of thioether (sulfide) groups is 1. The Kier molecular flexibility index (Phi) is 5.78. The molecule has 1 N–H and O–H groups in total. The molecule has 0 radical (unpaired) electrons. The third-order valence-corrected chi connectivity index (χ3v) is 3.77. The zero-order chi connectivity index (χ0) is 15.2. The Labute approximate surface area is 128 Å². The van der Waals surface area contributed by atoms with Crippen LogP contribution in [0.4, 0.5) is 0 Å². The van der Waals surface area contributed by atoms with Crippen molar-refractivity contribution >= 4 is 11.8 Å². The van der Waals surface area contributed by atoms with Crippen LogP contribution in [0.15, 0.2) is 33.9 Å². The molecule has 0 amide bonds. The summed E-state index contributed by atoms with van der Waals surface area (Å²) in [6.45, 7) is 6.18. The summed E-state index contributed by atoms with van der Waals surface area (Å²) in [4.78, 5) is 0. The van der Waals surface area contributed by atoms with Gasteiger partial charge in [-0.25, -0.2) is 0 Å². The first-order chi connectivity index (χ1) is 10.1. The Balaban J connectivity index is 1.90. The van der Waals surface area contributed by atoms with Gasteiger partial charge in [0.1, 0.15) is 0 Å². The van der Waals surface area contributed by atoms with E-state index in [1.54, 1.807) is 0 Å². The summed E-state index contributed by atoms with van der Waals surface area (Å²) < 4.78 is 11.0. The zero-order valence-corrected chi connectivity index (χ0v) is 13.3. The number of nitrogens with zero attached hydrogens (tertiary/aromatic N) is 2. The van der Waals surface area contributed by atoms with Crippen molar-refractivity contribution in [1.29, 1.82) is 0 Å². The predicted molar refractivity (Wildman–Crippen MR) is 82.3 cm³/mol. The van der Waals surface area contributed by atoms with Gasteiger partial charge in [-0.3, -0.25) is 0 Å². The van der Waals surface area contributed by atoms with E-state index in [4.69, 9.17) is 9.15 Å². The quantitative estimate of drug-likeness (QED) is 0.793. The van der Waals surface area contributed by atoms with Gasteiger partial charge in [-0.2, -0.15) is 0 Å². The lowest BCUT2D eigenvalue weighted by Crippen LogP contribution is -2.20. The number of aliphatic hydroxyl groups excluding tert-OH is 1. The molecule has 2 rings (SSSR count). The fraction of sp³-hybridized carbons (Fsp3) is 0.467. The van der Waals surface area contributed by atoms with E-state index in [1.165, 1.54) is 11.8 Å². The van der Waals surface area contributed by atoms with E-state index in [-0.39, 0.29) is 6.10 Å². The maximum absolute atomic E-state index is 9.79. The molecular formula is C15H20N2O3S. The molecule has 1 aromatic carbocycles. The second kappa shape index (κ2) is 7.59. The fourth-order valence-electron chi connectivity index (χ4n) is 1.71. The predicted octanol–water partition coefficient (Wildman–Crippen LogP) is 2.92. The van der Waals surface area contributed by atoms with E-state index in [0.29, 0.717) is 23.5 Å². The van der Waals surface area contributed by atoms with Gasteiger partial charge in [0.05, 0.1) is 18.8 Å². The molecule has 21 heavy (non-hydrogen) atoms. The number of hydrogen-bond donors (Lipinski definition) is 1. The van der Waals surface area contributed by atoms with E-state index < -0.39 is 6.10 Å². The number of ether oxygens (including phenoxy) is 1. The maximum atomic E-state index is 9.79. The SMILES string of the molecule is Cc1ccccc1-c1nnc(SCC(O)COC(C)C)o1. The first-order valence-electron chi connectivity index (χ1n) is 6.88. The molecule has 0 saturated heterocycles. The van der Waals surface area contributed by atoms with Gasteiger partial charge in [0.15, 0.2) is 0 Å². The standard InChI is InChI=1S/C15H20N2O3S/c1-10(2)19-8-12(18)9-21-15-17-16-14(20-15)13-7-5-4-6-11(13)3/h4-7,10,12,18H,8-9H2,1-3H3. The summed E-state index contributed by atoms with van der Waals surface area (Å²) in [5, 5.41) is 18.3. The number of hydrogen-bond acceptors (Lipinski definition) is 6. The van der Waals surface area contributed by atoms with Crippen molar-refractivity contribution in [2.24, 2.45) is 0 Å². The third-order valence-electron chi connectivity index (χ3n) is 2.80. The van der Waals surface area contributed by atoms with Crippen molar-refractivity contribution in [3.63, 3.8) is 0 Å². The smallest absolute Gasteiger partial charge is 0.276 e. The van der Waals surface area contributed by atoms with Crippen LogP contribution in [0.2, 0.25) is 0 Å². The van der Waals surface area contributed by atoms with Gasteiger partial charge >= 0.3 is 0 Å². The number of aromatic nitrogens is 2. The largest absolute Gasteiger partial charge is 0.411 e. The summed E-state index contributed by atoms with van der Waals surface area (Å²) in [5.41, 5.74) is 2.02. The summed E-state index contributed by atoms with van der Waals surface area (Å²) in [7, 11) is 0. The van der Waals surface area contributed by atoms with Crippen molar-refractivity contribution < 1.29 is 14.3 Å². The van der Waals surface area contributed by atoms with Crippen LogP contribution in [0.25, 0.3) is 11.5 Å². The van der Waals surface area contributed by atoms with Crippen LogP contribution in [-0.4, -0.2) is 39.9 Å². The van der Waals surface area contributed by atoms with Crippen LogP contribution in [0.3, 0.4) is 0 Å². The topological polar surface area (TPSA) is 68.4 Å². The molecule has 5 nitrogen and oxygen atoms in total. The lowest BCUT2D eigenvalue weighted by atomic mass is 10.1. The van der Waals surface area contributed by atoms with E-state index in [9.17, 15) is 5.11 Å². The lowest BCUT2D eigenvalue weighted by Gasteiger charge is -2.11. The van der Waals surface area contributed by atoms with Crippen molar-refractivity contribution in [2.45, 2.75) is 38.2 Å². The highest BCUT2D eigenvalue weighted by Crippen LogP contribution is 2.25. The first-order valence-corrected chi connectivity index (χ1v) is 7.86. The summed E-state index contributed by atoms with van der Waals surface area (Å²) in [6, 6.07) is 7.85. The number of aliphatic hydroxyl groups is 1. The monoisotopic (exact) mass is 308 g/mol. The van der Waals surface area contributed by atoms with Crippen LogP contribution in [-0.2, 0) is 4.74 Å². The molecule has 0 aliphatic carbocycles. The lowest BCUT2D eigenvalue weighted by molar-refractivity contribution is 0.0152. The molecule has 0 aliphatic heterocycles. The fourth-order valence-corrected chi connectivity index (χ4v) is 2.38. The number of benzene rings is 1. The molecule has 1 atom stereocenters. The van der Waals surface area contributed by atoms with E-state index >= 15 is 0 Å². The Hall–Kier alpha value is -1.37. The molecule has 2 aromatic rings. The van der Waals surface area contributed by atoms with Gasteiger partial charge < -0.3 is 14.3 Å². The van der Waals surface area contributed by atoms with Gasteiger partial charge in [-0.1, -0.05) is 30.0 Å². The Morgan fingerprint density at radius 3 is 2.76 bits per heavy atom. The average molecular weight is 308 g/mol. The van der Waals surface area contributed by atoms with E-state index in [0.717, 1.165) is 11.1 Å². The molecule has 1 aromatic heterocycles. The number of aryl methyl sites for hydroxylation is 1. The Morgan fingerprint density at radius 1 is 1.29 bits per heavy atom. The highest BCUT2D eigenvalue weighted by molar-refractivity contribution is 7.99. The van der Waals surface area contributed by atoms with Gasteiger partial charge in [-0.15, -0.1) is 10.2 Å².